The van der Waals surface area contributed by atoms with Gasteiger partial charge in [-0.15, -0.1) is 0 Å². The molecule has 2 aromatic carbocycles. The summed E-state index contributed by atoms with van der Waals surface area (Å²) >= 11 is 0. The first kappa shape index (κ1) is 15.8. The van der Waals surface area contributed by atoms with E-state index in [4.69, 9.17) is 9.47 Å². The van der Waals surface area contributed by atoms with Crippen LogP contribution in [0.15, 0.2) is 48.5 Å². The summed E-state index contributed by atoms with van der Waals surface area (Å²) < 4.78 is 10.9. The minimum absolute atomic E-state index is 0.311. The molecular formula is C19H23NO3. The molecule has 1 N–H and O–H groups in total. The Morgan fingerprint density at radius 1 is 1.09 bits per heavy atom. The lowest BCUT2D eigenvalue weighted by molar-refractivity contribution is 0.0637. The van der Waals surface area contributed by atoms with Crippen molar-refractivity contribution in [1.29, 1.82) is 0 Å². The van der Waals surface area contributed by atoms with Gasteiger partial charge in [0, 0.05) is 19.6 Å². The molecule has 1 aliphatic rings. The van der Waals surface area contributed by atoms with Crippen molar-refractivity contribution < 1.29 is 14.6 Å². The van der Waals surface area contributed by atoms with E-state index in [1.54, 1.807) is 7.11 Å². The van der Waals surface area contributed by atoms with Gasteiger partial charge < -0.3 is 14.6 Å². The Morgan fingerprint density at radius 3 is 2.70 bits per heavy atom. The zero-order chi connectivity index (χ0) is 16.1. The lowest BCUT2D eigenvalue weighted by Gasteiger charge is -2.30. The molecule has 1 unspecified atom stereocenters. The van der Waals surface area contributed by atoms with Crippen LogP contribution in [0.3, 0.4) is 0 Å². The summed E-state index contributed by atoms with van der Waals surface area (Å²) in [7, 11) is 1.69. The molecule has 0 aromatic heterocycles. The van der Waals surface area contributed by atoms with E-state index < -0.39 is 6.10 Å². The highest BCUT2D eigenvalue weighted by Crippen LogP contribution is 2.23. The fourth-order valence-electron chi connectivity index (χ4n) is 2.93. The SMILES string of the molecule is COc1ccc2c(c1)CN(CC(O)COc1ccccc1)CC2. The first-order chi connectivity index (χ1) is 11.2. The summed E-state index contributed by atoms with van der Waals surface area (Å²) in [5.41, 5.74) is 2.66. The van der Waals surface area contributed by atoms with Gasteiger partial charge in [0.15, 0.2) is 0 Å². The van der Waals surface area contributed by atoms with E-state index in [0.717, 1.165) is 31.0 Å². The van der Waals surface area contributed by atoms with Gasteiger partial charge in [-0.2, -0.15) is 0 Å². The maximum atomic E-state index is 10.2. The number of β-amino-alcohol motifs (C(OH)–C–C–N with tert-alkyl or cyclic N) is 1. The van der Waals surface area contributed by atoms with Crippen LogP contribution in [-0.2, 0) is 13.0 Å². The molecule has 122 valence electrons. The standard InChI is InChI=1S/C19H23NO3/c1-22-19-8-7-15-9-10-20(12-16(15)11-19)13-17(21)14-23-18-5-3-2-4-6-18/h2-8,11,17,21H,9-10,12-14H2,1H3. The second-order valence-corrected chi connectivity index (χ2v) is 5.90. The molecule has 0 aliphatic carbocycles. The van der Waals surface area contributed by atoms with Crippen LogP contribution in [0, 0.1) is 0 Å². The normalized spacial score (nSPS) is 15.7. The van der Waals surface area contributed by atoms with Crippen LogP contribution >= 0.6 is 0 Å². The van der Waals surface area contributed by atoms with E-state index in [1.165, 1.54) is 11.1 Å². The lowest BCUT2D eigenvalue weighted by atomic mass is 9.99. The fourth-order valence-corrected chi connectivity index (χ4v) is 2.93. The van der Waals surface area contributed by atoms with Crippen LogP contribution in [0.4, 0.5) is 0 Å². The van der Waals surface area contributed by atoms with Crippen molar-refractivity contribution in [3.63, 3.8) is 0 Å². The molecule has 1 atom stereocenters. The van der Waals surface area contributed by atoms with E-state index in [9.17, 15) is 5.11 Å². The minimum atomic E-state index is -0.498. The third-order valence-corrected chi connectivity index (χ3v) is 4.16. The number of aliphatic hydroxyl groups is 1. The van der Waals surface area contributed by atoms with Crippen LogP contribution < -0.4 is 9.47 Å². The van der Waals surface area contributed by atoms with Crippen molar-refractivity contribution >= 4 is 0 Å². The predicted molar refractivity (Wildman–Crippen MR) is 89.9 cm³/mol. The molecule has 2 aromatic rings. The highest BCUT2D eigenvalue weighted by atomic mass is 16.5. The maximum absolute atomic E-state index is 10.2. The monoisotopic (exact) mass is 313 g/mol. The molecule has 0 saturated carbocycles. The van der Waals surface area contributed by atoms with Crippen molar-refractivity contribution in [3.8, 4) is 11.5 Å². The highest BCUT2D eigenvalue weighted by molar-refractivity contribution is 5.37. The summed E-state index contributed by atoms with van der Waals surface area (Å²) in [6.07, 6.45) is 0.508. The topological polar surface area (TPSA) is 41.9 Å². The van der Waals surface area contributed by atoms with Gasteiger partial charge >= 0.3 is 0 Å². The largest absolute Gasteiger partial charge is 0.497 e. The number of ether oxygens (including phenoxy) is 2. The molecule has 0 saturated heterocycles. The van der Waals surface area contributed by atoms with Crippen molar-refractivity contribution in [2.75, 3.05) is 26.8 Å². The molecule has 23 heavy (non-hydrogen) atoms. The molecular weight excluding hydrogens is 290 g/mol. The molecule has 0 spiro atoms. The number of rotatable bonds is 6. The van der Waals surface area contributed by atoms with Crippen molar-refractivity contribution in [2.45, 2.75) is 19.1 Å². The fraction of sp³-hybridized carbons (Fsp3) is 0.368. The van der Waals surface area contributed by atoms with E-state index >= 15 is 0 Å². The summed E-state index contributed by atoms with van der Waals surface area (Å²) in [4.78, 5) is 2.26. The number of hydrogen-bond donors (Lipinski definition) is 1. The summed E-state index contributed by atoms with van der Waals surface area (Å²) in [5, 5.41) is 10.2. The zero-order valence-electron chi connectivity index (χ0n) is 13.4. The van der Waals surface area contributed by atoms with Crippen molar-refractivity contribution in [3.05, 3.63) is 59.7 Å². The number of methoxy groups -OCH3 is 1. The molecule has 1 aliphatic heterocycles. The van der Waals surface area contributed by atoms with Crippen LogP contribution in [-0.4, -0.2) is 42.9 Å². The summed E-state index contributed by atoms with van der Waals surface area (Å²) in [6, 6.07) is 15.8. The number of nitrogens with zero attached hydrogens (tertiary/aromatic N) is 1. The zero-order valence-corrected chi connectivity index (χ0v) is 13.4. The number of aliphatic hydroxyl groups excluding tert-OH is 1. The molecule has 4 nitrogen and oxygen atoms in total. The maximum Gasteiger partial charge on any atom is 0.119 e. The van der Waals surface area contributed by atoms with Crippen molar-refractivity contribution in [2.24, 2.45) is 0 Å². The Balaban J connectivity index is 1.52. The molecule has 0 amide bonds. The average Bonchev–Trinajstić information content (AvgIpc) is 2.60. The Bertz CT molecular complexity index is 630. The van der Waals surface area contributed by atoms with Crippen LogP contribution in [0.25, 0.3) is 0 Å². The predicted octanol–water partition coefficient (Wildman–Crippen LogP) is 2.49. The van der Waals surface area contributed by atoms with E-state index in [2.05, 4.69) is 17.0 Å². The van der Waals surface area contributed by atoms with Gasteiger partial charge in [-0.25, -0.2) is 0 Å². The van der Waals surface area contributed by atoms with E-state index in [0.29, 0.717) is 13.2 Å². The number of para-hydroxylation sites is 1. The Labute approximate surface area is 137 Å². The van der Waals surface area contributed by atoms with Gasteiger partial charge in [-0.05, 0) is 41.8 Å². The number of fused-ring (bicyclic) bond motifs is 1. The van der Waals surface area contributed by atoms with Gasteiger partial charge in [-0.1, -0.05) is 24.3 Å². The average molecular weight is 313 g/mol. The van der Waals surface area contributed by atoms with Crippen LogP contribution in [0.5, 0.6) is 11.5 Å². The van der Waals surface area contributed by atoms with Gasteiger partial charge in [0.1, 0.15) is 24.2 Å². The lowest BCUT2D eigenvalue weighted by Crippen LogP contribution is -2.38. The quantitative estimate of drug-likeness (QED) is 0.890. The smallest absolute Gasteiger partial charge is 0.119 e. The first-order valence-electron chi connectivity index (χ1n) is 7.98. The second kappa shape index (κ2) is 7.49. The molecule has 1 heterocycles. The Kier molecular flexibility index (Phi) is 5.16. The van der Waals surface area contributed by atoms with Gasteiger partial charge in [0.2, 0.25) is 0 Å². The first-order valence-corrected chi connectivity index (χ1v) is 7.98. The van der Waals surface area contributed by atoms with Crippen LogP contribution in [0.2, 0.25) is 0 Å². The molecule has 0 fully saturated rings. The third kappa shape index (κ3) is 4.24. The summed E-state index contributed by atoms with van der Waals surface area (Å²) in [5.74, 6) is 1.68. The second-order valence-electron chi connectivity index (χ2n) is 5.90. The van der Waals surface area contributed by atoms with Crippen molar-refractivity contribution in [1.82, 2.24) is 4.90 Å². The molecule has 0 radical (unpaired) electrons. The van der Waals surface area contributed by atoms with E-state index in [-0.39, 0.29) is 0 Å². The number of hydrogen-bond acceptors (Lipinski definition) is 4. The highest BCUT2D eigenvalue weighted by Gasteiger charge is 2.19. The van der Waals surface area contributed by atoms with Crippen LogP contribution in [0.1, 0.15) is 11.1 Å². The minimum Gasteiger partial charge on any atom is -0.497 e. The molecule has 0 bridgehead atoms. The molecule has 4 heteroatoms. The number of benzene rings is 2. The molecule has 3 rings (SSSR count). The van der Waals surface area contributed by atoms with Gasteiger partial charge in [0.25, 0.3) is 0 Å². The van der Waals surface area contributed by atoms with Gasteiger partial charge in [0.05, 0.1) is 7.11 Å². The summed E-state index contributed by atoms with van der Waals surface area (Å²) in [6.45, 7) is 2.73. The Morgan fingerprint density at radius 2 is 1.91 bits per heavy atom. The Hall–Kier alpha value is -2.04. The van der Waals surface area contributed by atoms with Gasteiger partial charge in [-0.3, -0.25) is 4.90 Å². The van der Waals surface area contributed by atoms with E-state index in [1.807, 2.05) is 36.4 Å². The third-order valence-electron chi connectivity index (χ3n) is 4.16.